The number of aryl methyl sites for hydroxylation is 1. The first-order valence-corrected chi connectivity index (χ1v) is 5.46. The maximum Gasteiger partial charge on any atom is 0.152 e. The van der Waals surface area contributed by atoms with Crippen molar-refractivity contribution >= 4 is 17.1 Å². The van der Waals surface area contributed by atoms with Crippen molar-refractivity contribution in [3.8, 4) is 0 Å². The molecule has 17 heavy (non-hydrogen) atoms. The van der Waals surface area contributed by atoms with E-state index in [1.807, 2.05) is 23.6 Å². The average molecular weight is 232 g/mol. The molecule has 0 atom stereocenters. The second-order valence-electron chi connectivity index (χ2n) is 3.73. The Morgan fingerprint density at radius 2 is 2.12 bits per heavy atom. The van der Waals surface area contributed by atoms with E-state index in [-0.39, 0.29) is 0 Å². The predicted molar refractivity (Wildman–Crippen MR) is 68.3 cm³/mol. The minimum atomic E-state index is 0.576. The minimum absolute atomic E-state index is 0.576. The summed E-state index contributed by atoms with van der Waals surface area (Å²) in [7, 11) is 0. The summed E-state index contributed by atoms with van der Waals surface area (Å²) in [5.41, 5.74) is 13.5. The van der Waals surface area contributed by atoms with Crippen LogP contribution in [0.15, 0.2) is 24.5 Å². The lowest BCUT2D eigenvalue weighted by Gasteiger charge is -2.08. The van der Waals surface area contributed by atoms with Crippen molar-refractivity contribution in [1.82, 2.24) is 14.8 Å². The van der Waals surface area contributed by atoms with Crippen LogP contribution in [-0.4, -0.2) is 14.8 Å². The lowest BCUT2D eigenvalue weighted by molar-refractivity contribution is 0.708. The maximum atomic E-state index is 5.73. The van der Waals surface area contributed by atoms with Crippen LogP contribution in [0.4, 0.5) is 17.1 Å². The van der Waals surface area contributed by atoms with Crippen LogP contribution in [0.1, 0.15) is 12.7 Å². The van der Waals surface area contributed by atoms with Crippen LogP contribution in [0.5, 0.6) is 0 Å². The van der Waals surface area contributed by atoms with Crippen LogP contribution in [0.3, 0.4) is 0 Å². The second-order valence-corrected chi connectivity index (χ2v) is 3.73. The number of nitrogen functional groups attached to an aromatic ring is 2. The number of aromatic nitrogens is 3. The summed E-state index contributed by atoms with van der Waals surface area (Å²) in [5.74, 6) is 0.892. The molecule has 0 fully saturated rings. The van der Waals surface area contributed by atoms with Crippen LogP contribution in [0, 0.1) is 0 Å². The molecule has 0 radical (unpaired) electrons. The van der Waals surface area contributed by atoms with Crippen molar-refractivity contribution < 1.29 is 0 Å². The number of benzene rings is 1. The second kappa shape index (κ2) is 4.73. The maximum absolute atomic E-state index is 5.73. The Morgan fingerprint density at radius 1 is 1.29 bits per heavy atom. The first-order chi connectivity index (χ1) is 8.20. The lowest BCUT2D eigenvalue weighted by Crippen LogP contribution is -2.08. The smallest absolute Gasteiger partial charge is 0.152 e. The summed E-state index contributed by atoms with van der Waals surface area (Å²) in [6.07, 6.45) is 1.72. The molecule has 2 aromatic rings. The number of nitrogens with zero attached hydrogens (tertiary/aromatic N) is 3. The molecule has 1 aromatic carbocycles. The van der Waals surface area contributed by atoms with Crippen LogP contribution in [0.25, 0.3) is 0 Å². The average Bonchev–Trinajstić information content (AvgIpc) is 2.78. The molecule has 0 aliphatic heterocycles. The third-order valence-corrected chi connectivity index (χ3v) is 2.57. The molecule has 5 N–H and O–H groups in total. The molecule has 1 heterocycles. The molecule has 0 saturated heterocycles. The molecule has 6 nitrogen and oxygen atoms in total. The fourth-order valence-electron chi connectivity index (χ4n) is 1.55. The third kappa shape index (κ3) is 2.47. The van der Waals surface area contributed by atoms with Gasteiger partial charge in [-0.15, -0.1) is 10.2 Å². The number of anilines is 3. The zero-order chi connectivity index (χ0) is 12.3. The van der Waals surface area contributed by atoms with Crippen LogP contribution in [-0.2, 0) is 13.1 Å². The van der Waals surface area contributed by atoms with Gasteiger partial charge in [-0.1, -0.05) is 0 Å². The van der Waals surface area contributed by atoms with Gasteiger partial charge in [0.15, 0.2) is 5.82 Å². The van der Waals surface area contributed by atoms with E-state index in [9.17, 15) is 0 Å². The summed E-state index contributed by atoms with van der Waals surface area (Å²) in [4.78, 5) is 0. The summed E-state index contributed by atoms with van der Waals surface area (Å²) >= 11 is 0. The molecular formula is C11H16N6. The van der Waals surface area contributed by atoms with Crippen molar-refractivity contribution in [2.45, 2.75) is 20.0 Å². The molecule has 0 amide bonds. The van der Waals surface area contributed by atoms with Gasteiger partial charge in [-0.2, -0.15) is 0 Å². The van der Waals surface area contributed by atoms with E-state index in [1.165, 1.54) is 0 Å². The van der Waals surface area contributed by atoms with Gasteiger partial charge < -0.3 is 21.4 Å². The quantitative estimate of drug-likeness (QED) is 0.685. The fourth-order valence-corrected chi connectivity index (χ4v) is 1.55. The van der Waals surface area contributed by atoms with Gasteiger partial charge in [-0.25, -0.2) is 0 Å². The Hall–Kier alpha value is -2.24. The monoisotopic (exact) mass is 232 g/mol. The van der Waals surface area contributed by atoms with E-state index in [0.29, 0.717) is 17.9 Å². The van der Waals surface area contributed by atoms with Gasteiger partial charge in [0.2, 0.25) is 0 Å². The van der Waals surface area contributed by atoms with E-state index in [2.05, 4.69) is 15.5 Å². The topological polar surface area (TPSA) is 94.8 Å². The van der Waals surface area contributed by atoms with E-state index >= 15 is 0 Å². The van der Waals surface area contributed by atoms with E-state index in [1.54, 1.807) is 12.4 Å². The molecule has 90 valence electrons. The van der Waals surface area contributed by atoms with Gasteiger partial charge in [0.25, 0.3) is 0 Å². The Balaban J connectivity index is 2.05. The van der Waals surface area contributed by atoms with Crippen LogP contribution < -0.4 is 16.8 Å². The van der Waals surface area contributed by atoms with Crippen molar-refractivity contribution in [2.75, 3.05) is 16.8 Å². The normalized spacial score (nSPS) is 10.4. The molecule has 0 aliphatic carbocycles. The highest BCUT2D eigenvalue weighted by Gasteiger charge is 2.02. The Morgan fingerprint density at radius 3 is 2.82 bits per heavy atom. The third-order valence-electron chi connectivity index (χ3n) is 2.57. The van der Waals surface area contributed by atoms with Gasteiger partial charge in [-0.3, -0.25) is 0 Å². The van der Waals surface area contributed by atoms with Crippen LogP contribution in [0.2, 0.25) is 0 Å². The number of rotatable bonds is 4. The summed E-state index contributed by atoms with van der Waals surface area (Å²) in [5, 5.41) is 11.1. The molecule has 6 heteroatoms. The Kier molecular flexibility index (Phi) is 3.13. The van der Waals surface area contributed by atoms with Gasteiger partial charge in [0, 0.05) is 12.2 Å². The Bertz CT molecular complexity index is 504. The number of nitrogens with one attached hydrogen (secondary N) is 1. The van der Waals surface area contributed by atoms with Gasteiger partial charge in [0.1, 0.15) is 6.33 Å². The first-order valence-electron chi connectivity index (χ1n) is 5.46. The summed E-state index contributed by atoms with van der Waals surface area (Å²) in [6.45, 7) is 3.51. The minimum Gasteiger partial charge on any atom is -0.397 e. The predicted octanol–water partition coefficient (Wildman–Crippen LogP) is 1.07. The van der Waals surface area contributed by atoms with E-state index < -0.39 is 0 Å². The molecular weight excluding hydrogens is 216 g/mol. The molecule has 0 unspecified atom stereocenters. The highest BCUT2D eigenvalue weighted by Crippen LogP contribution is 2.19. The number of hydrogen-bond acceptors (Lipinski definition) is 5. The number of nitrogens with two attached hydrogens (primary N) is 2. The van der Waals surface area contributed by atoms with Crippen LogP contribution >= 0.6 is 0 Å². The molecule has 1 aromatic heterocycles. The zero-order valence-electron chi connectivity index (χ0n) is 9.72. The fraction of sp³-hybridized carbons (Fsp3) is 0.273. The van der Waals surface area contributed by atoms with Gasteiger partial charge >= 0.3 is 0 Å². The summed E-state index contributed by atoms with van der Waals surface area (Å²) < 4.78 is 1.98. The zero-order valence-corrected chi connectivity index (χ0v) is 9.72. The van der Waals surface area contributed by atoms with Crippen molar-refractivity contribution in [2.24, 2.45) is 0 Å². The molecule has 0 bridgehead atoms. The van der Waals surface area contributed by atoms with Crippen molar-refractivity contribution in [3.05, 3.63) is 30.4 Å². The Labute approximate surface area is 99.6 Å². The highest BCUT2D eigenvalue weighted by molar-refractivity contribution is 5.69. The lowest BCUT2D eigenvalue weighted by atomic mass is 10.2. The number of hydrogen-bond donors (Lipinski definition) is 3. The first kappa shape index (κ1) is 11.3. The molecule has 0 saturated carbocycles. The highest BCUT2D eigenvalue weighted by atomic mass is 15.3. The molecule has 2 rings (SSSR count). The SMILES string of the molecule is CCn1cnnc1CNc1ccc(N)c(N)c1. The standard InChI is InChI=1S/C11H16N6/c1-2-17-7-15-16-11(17)6-14-8-3-4-9(12)10(13)5-8/h3-5,7,14H,2,6,12-13H2,1H3. The van der Waals surface area contributed by atoms with Crippen molar-refractivity contribution in [1.29, 1.82) is 0 Å². The van der Waals surface area contributed by atoms with Crippen molar-refractivity contribution in [3.63, 3.8) is 0 Å². The summed E-state index contributed by atoms with van der Waals surface area (Å²) in [6, 6.07) is 5.47. The molecule has 0 aliphatic rings. The van der Waals surface area contributed by atoms with Gasteiger partial charge in [-0.05, 0) is 25.1 Å². The largest absolute Gasteiger partial charge is 0.397 e. The van der Waals surface area contributed by atoms with E-state index in [0.717, 1.165) is 18.1 Å². The molecule has 0 spiro atoms. The van der Waals surface area contributed by atoms with Gasteiger partial charge in [0.05, 0.1) is 17.9 Å². The van der Waals surface area contributed by atoms with E-state index in [4.69, 9.17) is 11.5 Å².